The monoisotopic (exact) mass is 258 g/mol. The molecule has 1 saturated heterocycles. The SMILES string of the molecule is CC1=C2SCCSCCSC2=C(C)C1=O. The van der Waals surface area contributed by atoms with E-state index in [1.807, 2.05) is 49.1 Å². The number of allylic oxidation sites excluding steroid dienone is 2. The molecule has 1 aliphatic heterocycles. The molecule has 0 N–H and O–H groups in total. The van der Waals surface area contributed by atoms with Crippen LogP contribution in [0, 0.1) is 0 Å². The predicted octanol–water partition coefficient (Wildman–Crippen LogP) is 3.33. The largest absolute Gasteiger partial charge is 0.289 e. The van der Waals surface area contributed by atoms with Gasteiger partial charge in [-0.05, 0) is 13.8 Å². The van der Waals surface area contributed by atoms with Gasteiger partial charge in [-0.25, -0.2) is 0 Å². The van der Waals surface area contributed by atoms with Crippen molar-refractivity contribution in [3.8, 4) is 0 Å². The summed E-state index contributed by atoms with van der Waals surface area (Å²) < 4.78 is 0. The Hall–Kier alpha value is 0.200. The highest BCUT2D eigenvalue weighted by atomic mass is 32.2. The zero-order valence-corrected chi connectivity index (χ0v) is 11.4. The third-order valence-electron chi connectivity index (χ3n) is 2.52. The third-order valence-corrected chi connectivity index (χ3v) is 6.56. The van der Waals surface area contributed by atoms with Crippen molar-refractivity contribution in [3.05, 3.63) is 21.0 Å². The molecule has 2 rings (SSSR count). The molecule has 0 unspecified atom stereocenters. The van der Waals surface area contributed by atoms with E-state index in [1.54, 1.807) is 0 Å². The molecule has 0 bridgehead atoms. The molecule has 1 fully saturated rings. The van der Waals surface area contributed by atoms with Crippen molar-refractivity contribution in [1.29, 1.82) is 0 Å². The van der Waals surface area contributed by atoms with Crippen LogP contribution >= 0.6 is 35.3 Å². The Kier molecular flexibility index (Phi) is 3.91. The summed E-state index contributed by atoms with van der Waals surface area (Å²) in [5.41, 5.74) is 1.93. The molecule has 0 spiro atoms. The van der Waals surface area contributed by atoms with Crippen LogP contribution < -0.4 is 0 Å². The van der Waals surface area contributed by atoms with Crippen LogP contribution in [0.4, 0.5) is 0 Å². The molecule has 0 amide bonds. The minimum absolute atomic E-state index is 0.258. The summed E-state index contributed by atoms with van der Waals surface area (Å²) in [6.07, 6.45) is 0. The van der Waals surface area contributed by atoms with E-state index in [-0.39, 0.29) is 5.78 Å². The van der Waals surface area contributed by atoms with Crippen LogP contribution in [0.15, 0.2) is 21.0 Å². The van der Waals surface area contributed by atoms with Crippen LogP contribution in [0.1, 0.15) is 13.8 Å². The quantitative estimate of drug-likeness (QED) is 0.662. The Balaban J connectivity index is 2.31. The van der Waals surface area contributed by atoms with Gasteiger partial charge in [0.2, 0.25) is 0 Å². The van der Waals surface area contributed by atoms with Crippen molar-refractivity contribution in [2.24, 2.45) is 0 Å². The summed E-state index contributed by atoms with van der Waals surface area (Å²) >= 11 is 5.72. The van der Waals surface area contributed by atoms with E-state index in [4.69, 9.17) is 0 Å². The number of rotatable bonds is 0. The standard InChI is InChI=1S/C11H14OS3/c1-7-9(12)8(2)11-10(7)14-5-3-13-4-6-15-11/h3-6H2,1-2H3. The first-order valence-corrected chi connectivity index (χ1v) is 8.14. The van der Waals surface area contributed by atoms with Gasteiger partial charge in [0.15, 0.2) is 5.78 Å². The van der Waals surface area contributed by atoms with Crippen LogP contribution in [-0.2, 0) is 4.79 Å². The van der Waals surface area contributed by atoms with E-state index in [2.05, 4.69) is 0 Å². The van der Waals surface area contributed by atoms with E-state index in [1.165, 1.54) is 21.3 Å². The van der Waals surface area contributed by atoms with Crippen molar-refractivity contribution in [2.45, 2.75) is 13.8 Å². The average molecular weight is 258 g/mol. The highest BCUT2D eigenvalue weighted by Crippen LogP contribution is 2.43. The van der Waals surface area contributed by atoms with Gasteiger partial charge in [-0.1, -0.05) is 0 Å². The fraction of sp³-hybridized carbons (Fsp3) is 0.545. The van der Waals surface area contributed by atoms with Gasteiger partial charge >= 0.3 is 0 Å². The average Bonchev–Trinajstić information content (AvgIpc) is 2.51. The van der Waals surface area contributed by atoms with Crippen LogP contribution in [0.25, 0.3) is 0 Å². The normalized spacial score (nSPS) is 23.7. The van der Waals surface area contributed by atoms with Gasteiger partial charge in [0.05, 0.1) is 0 Å². The summed E-state index contributed by atoms with van der Waals surface area (Å²) in [7, 11) is 0. The first kappa shape index (κ1) is 11.7. The third kappa shape index (κ3) is 2.32. The topological polar surface area (TPSA) is 17.1 Å². The zero-order chi connectivity index (χ0) is 10.8. The Morgan fingerprint density at radius 3 is 1.80 bits per heavy atom. The van der Waals surface area contributed by atoms with Crippen LogP contribution in [0.5, 0.6) is 0 Å². The van der Waals surface area contributed by atoms with Gasteiger partial charge in [-0.15, -0.1) is 23.5 Å². The van der Waals surface area contributed by atoms with Crippen LogP contribution in [0.3, 0.4) is 0 Å². The molecule has 2 aliphatic rings. The van der Waals surface area contributed by atoms with Crippen LogP contribution in [0.2, 0.25) is 0 Å². The lowest BCUT2D eigenvalue weighted by Crippen LogP contribution is -1.96. The zero-order valence-electron chi connectivity index (χ0n) is 8.96. The molecule has 0 saturated carbocycles. The molecule has 15 heavy (non-hydrogen) atoms. The molecule has 1 aliphatic carbocycles. The van der Waals surface area contributed by atoms with Gasteiger partial charge < -0.3 is 0 Å². The molecular formula is C11H14OS3. The van der Waals surface area contributed by atoms with Crippen LogP contribution in [-0.4, -0.2) is 28.8 Å². The lowest BCUT2D eigenvalue weighted by atomic mass is 10.2. The number of carbonyl (C=O) groups excluding carboxylic acids is 1. The second-order valence-electron chi connectivity index (χ2n) is 3.55. The van der Waals surface area contributed by atoms with Gasteiger partial charge in [-0.3, -0.25) is 4.79 Å². The summed E-state index contributed by atoms with van der Waals surface area (Å²) in [4.78, 5) is 14.3. The first-order chi connectivity index (χ1) is 7.22. The molecular weight excluding hydrogens is 244 g/mol. The maximum Gasteiger partial charge on any atom is 0.186 e. The number of Topliss-reactive ketones (excluding diaryl/α,β-unsaturated/α-hetero) is 1. The number of carbonyl (C=O) groups is 1. The summed E-state index contributed by atoms with van der Waals surface area (Å²) in [5.74, 6) is 4.91. The Labute approximate surface area is 104 Å². The minimum Gasteiger partial charge on any atom is -0.289 e. The molecule has 4 heteroatoms. The highest BCUT2D eigenvalue weighted by molar-refractivity contribution is 8.10. The van der Waals surface area contributed by atoms with Crippen molar-refractivity contribution in [3.63, 3.8) is 0 Å². The van der Waals surface area contributed by atoms with E-state index in [0.29, 0.717) is 0 Å². The Morgan fingerprint density at radius 1 is 0.867 bits per heavy atom. The van der Waals surface area contributed by atoms with Crippen molar-refractivity contribution in [1.82, 2.24) is 0 Å². The second kappa shape index (κ2) is 5.02. The molecule has 0 aromatic rings. The first-order valence-electron chi connectivity index (χ1n) is 5.02. The smallest absolute Gasteiger partial charge is 0.186 e. The summed E-state index contributed by atoms with van der Waals surface area (Å²) in [6.45, 7) is 3.93. The number of hydrogen-bond acceptors (Lipinski definition) is 4. The van der Waals surface area contributed by atoms with Crippen molar-refractivity contribution < 1.29 is 4.79 Å². The highest BCUT2D eigenvalue weighted by Gasteiger charge is 2.27. The lowest BCUT2D eigenvalue weighted by Gasteiger charge is -2.06. The van der Waals surface area contributed by atoms with E-state index in [0.717, 1.165) is 22.7 Å². The molecule has 1 heterocycles. The Morgan fingerprint density at radius 2 is 1.33 bits per heavy atom. The van der Waals surface area contributed by atoms with Gasteiger partial charge in [0.1, 0.15) is 0 Å². The number of thioether (sulfide) groups is 3. The van der Waals surface area contributed by atoms with E-state index in [9.17, 15) is 4.79 Å². The number of ketones is 1. The van der Waals surface area contributed by atoms with Gasteiger partial charge in [-0.2, -0.15) is 11.8 Å². The summed E-state index contributed by atoms with van der Waals surface area (Å²) in [5, 5.41) is 0. The number of hydrogen-bond donors (Lipinski definition) is 0. The predicted molar refractivity (Wildman–Crippen MR) is 72.6 cm³/mol. The molecule has 82 valence electrons. The molecule has 0 aromatic carbocycles. The molecule has 1 nitrogen and oxygen atoms in total. The van der Waals surface area contributed by atoms with Crippen molar-refractivity contribution in [2.75, 3.05) is 23.0 Å². The molecule has 0 atom stereocenters. The van der Waals surface area contributed by atoms with Gasteiger partial charge in [0, 0.05) is 44.0 Å². The van der Waals surface area contributed by atoms with E-state index >= 15 is 0 Å². The molecule has 0 aromatic heterocycles. The second-order valence-corrected chi connectivity index (χ2v) is 6.98. The lowest BCUT2D eigenvalue weighted by molar-refractivity contribution is -0.112. The minimum atomic E-state index is 0.258. The van der Waals surface area contributed by atoms with Gasteiger partial charge in [0.25, 0.3) is 0 Å². The fourth-order valence-electron chi connectivity index (χ4n) is 1.68. The summed E-state index contributed by atoms with van der Waals surface area (Å²) in [6, 6.07) is 0. The molecule has 0 radical (unpaired) electrons. The van der Waals surface area contributed by atoms with E-state index < -0.39 is 0 Å². The maximum atomic E-state index is 11.8. The number of fused-ring (bicyclic) bond motifs is 1. The maximum absolute atomic E-state index is 11.8. The Bertz CT molecular complexity index is 323. The van der Waals surface area contributed by atoms with Crippen molar-refractivity contribution >= 4 is 41.1 Å². The fourth-order valence-corrected chi connectivity index (χ4v) is 5.45.